The first-order chi connectivity index (χ1) is 8.25. The summed E-state index contributed by atoms with van der Waals surface area (Å²) in [5.41, 5.74) is 2.82. The zero-order valence-electron chi connectivity index (χ0n) is 10.0. The third-order valence-electron chi connectivity index (χ3n) is 3.67. The van der Waals surface area contributed by atoms with Gasteiger partial charge in [-0.2, -0.15) is 0 Å². The Bertz CT molecular complexity index is 470. The molecule has 0 bridgehead atoms. The van der Waals surface area contributed by atoms with Crippen LogP contribution in [0.2, 0.25) is 0 Å². The quantitative estimate of drug-likeness (QED) is 0.694. The molecule has 1 fully saturated rings. The number of hydrogen-bond donors (Lipinski definition) is 3. The fourth-order valence-corrected chi connectivity index (χ4v) is 2.83. The van der Waals surface area contributed by atoms with Gasteiger partial charge in [0.25, 0.3) is 0 Å². The average molecular weight is 313 g/mol. The number of hydrogen-bond acceptors (Lipinski definition) is 3. The first kappa shape index (κ1) is 13.4. The van der Waals surface area contributed by atoms with Crippen LogP contribution in [0.3, 0.4) is 0 Å². The van der Waals surface area contributed by atoms with Gasteiger partial charge in [-0.1, -0.05) is 6.07 Å². The molecule has 0 aromatic heterocycles. The summed E-state index contributed by atoms with van der Waals surface area (Å²) in [5, 5.41) is 15.9. The number of amides is 1. The SMILES string of the molecule is Br.O=C1Cc2c(C3CCCNC3)ccc(O)c2N1. The molecule has 2 aliphatic rings. The molecule has 4 nitrogen and oxygen atoms in total. The van der Waals surface area contributed by atoms with Crippen molar-refractivity contribution in [2.24, 2.45) is 0 Å². The van der Waals surface area contributed by atoms with Gasteiger partial charge in [-0.3, -0.25) is 4.79 Å². The third kappa shape index (κ3) is 2.24. The second-order valence-electron chi connectivity index (χ2n) is 4.80. The summed E-state index contributed by atoms with van der Waals surface area (Å²) >= 11 is 0. The number of halogens is 1. The minimum atomic E-state index is -0.0217. The van der Waals surface area contributed by atoms with Crippen LogP contribution in [-0.2, 0) is 11.2 Å². The lowest BCUT2D eigenvalue weighted by Crippen LogP contribution is -2.28. The Morgan fingerprint density at radius 1 is 1.33 bits per heavy atom. The molecule has 1 unspecified atom stereocenters. The Balaban J connectivity index is 0.00000120. The van der Waals surface area contributed by atoms with Crippen LogP contribution < -0.4 is 10.6 Å². The molecule has 3 rings (SSSR count). The van der Waals surface area contributed by atoms with Crippen molar-refractivity contribution in [1.29, 1.82) is 0 Å². The van der Waals surface area contributed by atoms with E-state index >= 15 is 0 Å². The fourth-order valence-electron chi connectivity index (χ4n) is 2.83. The highest BCUT2D eigenvalue weighted by Crippen LogP contribution is 2.39. The topological polar surface area (TPSA) is 61.4 Å². The van der Waals surface area contributed by atoms with Crippen LogP contribution in [0.15, 0.2) is 12.1 Å². The number of carbonyl (C=O) groups excluding carboxylic acids is 1. The zero-order valence-corrected chi connectivity index (χ0v) is 11.7. The van der Waals surface area contributed by atoms with Gasteiger partial charge in [-0.15, -0.1) is 17.0 Å². The summed E-state index contributed by atoms with van der Waals surface area (Å²) < 4.78 is 0. The maximum Gasteiger partial charge on any atom is 0.228 e. The summed E-state index contributed by atoms with van der Waals surface area (Å²) in [7, 11) is 0. The molecule has 1 saturated heterocycles. The van der Waals surface area contributed by atoms with Gasteiger partial charge in [0.2, 0.25) is 5.91 Å². The van der Waals surface area contributed by atoms with E-state index in [-0.39, 0.29) is 28.6 Å². The van der Waals surface area contributed by atoms with E-state index in [1.54, 1.807) is 6.07 Å². The van der Waals surface area contributed by atoms with Crippen LogP contribution in [0.4, 0.5) is 5.69 Å². The van der Waals surface area contributed by atoms with Gasteiger partial charge < -0.3 is 15.7 Å². The smallest absolute Gasteiger partial charge is 0.228 e. The van der Waals surface area contributed by atoms with E-state index in [1.165, 1.54) is 12.0 Å². The highest BCUT2D eigenvalue weighted by Gasteiger charge is 2.27. The van der Waals surface area contributed by atoms with Crippen molar-refractivity contribution in [1.82, 2.24) is 5.32 Å². The number of piperidine rings is 1. The molecule has 3 N–H and O–H groups in total. The normalized spacial score (nSPS) is 22.0. The van der Waals surface area contributed by atoms with Crippen molar-refractivity contribution in [2.45, 2.75) is 25.2 Å². The Labute approximate surface area is 117 Å². The molecule has 18 heavy (non-hydrogen) atoms. The molecule has 1 aromatic rings. The molecule has 98 valence electrons. The van der Waals surface area contributed by atoms with E-state index in [0.29, 0.717) is 18.0 Å². The lowest BCUT2D eigenvalue weighted by atomic mass is 9.87. The number of fused-ring (bicyclic) bond motifs is 1. The number of carbonyl (C=O) groups is 1. The van der Waals surface area contributed by atoms with Crippen LogP contribution in [-0.4, -0.2) is 24.1 Å². The predicted molar refractivity (Wildman–Crippen MR) is 75.6 cm³/mol. The third-order valence-corrected chi connectivity index (χ3v) is 3.67. The standard InChI is InChI=1S/C13H16N2O2.BrH/c16-11-4-3-9(8-2-1-5-14-7-8)10-6-12(17)15-13(10)11;/h3-4,8,14,16H,1-2,5-7H2,(H,15,17);1H. The van der Waals surface area contributed by atoms with Gasteiger partial charge in [0.1, 0.15) is 5.75 Å². The van der Waals surface area contributed by atoms with Gasteiger partial charge in [-0.25, -0.2) is 0 Å². The zero-order chi connectivity index (χ0) is 11.8. The monoisotopic (exact) mass is 312 g/mol. The molecule has 0 spiro atoms. The number of phenolic OH excluding ortho intramolecular Hbond substituents is 1. The van der Waals surface area contributed by atoms with Crippen LogP contribution in [0.25, 0.3) is 0 Å². The molecule has 1 amide bonds. The fraction of sp³-hybridized carbons (Fsp3) is 0.462. The van der Waals surface area contributed by atoms with Gasteiger partial charge in [-0.05, 0) is 42.5 Å². The molecule has 0 radical (unpaired) electrons. The number of rotatable bonds is 1. The summed E-state index contributed by atoms with van der Waals surface area (Å²) in [6.45, 7) is 2.04. The van der Waals surface area contributed by atoms with E-state index in [2.05, 4.69) is 10.6 Å². The Hall–Kier alpha value is -1.07. The molecular weight excluding hydrogens is 296 g/mol. The van der Waals surface area contributed by atoms with Crippen molar-refractivity contribution in [3.8, 4) is 5.75 Å². The summed E-state index contributed by atoms with van der Waals surface area (Å²) in [6.07, 6.45) is 2.72. The molecule has 1 aromatic carbocycles. The maximum absolute atomic E-state index is 11.4. The highest BCUT2D eigenvalue weighted by molar-refractivity contribution is 8.93. The first-order valence-electron chi connectivity index (χ1n) is 6.11. The van der Waals surface area contributed by atoms with Crippen molar-refractivity contribution >= 4 is 28.6 Å². The summed E-state index contributed by atoms with van der Waals surface area (Å²) in [4.78, 5) is 11.4. The lowest BCUT2D eigenvalue weighted by molar-refractivity contribution is -0.115. The van der Waals surface area contributed by atoms with Crippen LogP contribution in [0.1, 0.15) is 29.9 Å². The number of nitrogens with one attached hydrogen (secondary N) is 2. The molecule has 1 atom stereocenters. The molecule has 0 aliphatic carbocycles. The van der Waals surface area contributed by atoms with E-state index in [1.807, 2.05) is 6.07 Å². The number of aromatic hydroxyl groups is 1. The maximum atomic E-state index is 11.4. The summed E-state index contributed by atoms with van der Waals surface area (Å²) in [6, 6.07) is 3.65. The van der Waals surface area contributed by atoms with E-state index in [4.69, 9.17) is 0 Å². The highest BCUT2D eigenvalue weighted by atomic mass is 79.9. The average Bonchev–Trinajstić information content (AvgIpc) is 2.73. The molecule has 5 heteroatoms. The molecular formula is C13H17BrN2O2. The van der Waals surface area contributed by atoms with E-state index < -0.39 is 0 Å². The van der Waals surface area contributed by atoms with Gasteiger partial charge in [0.05, 0.1) is 12.1 Å². The summed E-state index contributed by atoms with van der Waals surface area (Å²) in [5.74, 6) is 0.621. The number of benzene rings is 1. The number of phenols is 1. The Morgan fingerprint density at radius 3 is 2.89 bits per heavy atom. The second-order valence-corrected chi connectivity index (χ2v) is 4.80. The van der Waals surface area contributed by atoms with Gasteiger partial charge in [0.15, 0.2) is 0 Å². The van der Waals surface area contributed by atoms with Crippen molar-refractivity contribution in [2.75, 3.05) is 18.4 Å². The van der Waals surface area contributed by atoms with Crippen molar-refractivity contribution in [3.05, 3.63) is 23.3 Å². The molecule has 0 saturated carbocycles. The molecule has 2 heterocycles. The van der Waals surface area contributed by atoms with Crippen molar-refractivity contribution in [3.63, 3.8) is 0 Å². The first-order valence-corrected chi connectivity index (χ1v) is 6.11. The Kier molecular flexibility index (Phi) is 3.92. The largest absolute Gasteiger partial charge is 0.506 e. The molecule has 2 aliphatic heterocycles. The second kappa shape index (κ2) is 5.28. The van der Waals surface area contributed by atoms with Crippen LogP contribution >= 0.6 is 17.0 Å². The van der Waals surface area contributed by atoms with Gasteiger partial charge in [0, 0.05) is 6.54 Å². The van der Waals surface area contributed by atoms with Crippen LogP contribution in [0.5, 0.6) is 5.75 Å². The number of anilines is 1. The minimum Gasteiger partial charge on any atom is -0.506 e. The van der Waals surface area contributed by atoms with Crippen molar-refractivity contribution < 1.29 is 9.90 Å². The van der Waals surface area contributed by atoms with E-state index in [9.17, 15) is 9.90 Å². The van der Waals surface area contributed by atoms with Gasteiger partial charge >= 0.3 is 0 Å². The minimum absolute atomic E-state index is 0. The van der Waals surface area contributed by atoms with Crippen LogP contribution in [0, 0.1) is 0 Å². The Morgan fingerprint density at radius 2 is 2.17 bits per heavy atom. The predicted octanol–water partition coefficient (Wildman–Crippen LogP) is 1.93. The lowest BCUT2D eigenvalue weighted by Gasteiger charge is -2.25. The van der Waals surface area contributed by atoms with E-state index in [0.717, 1.165) is 25.1 Å².